The van der Waals surface area contributed by atoms with Crippen LogP contribution in [0.5, 0.6) is 0 Å². The number of ether oxygens (including phenoxy) is 1. The Labute approximate surface area is 173 Å². The Bertz CT molecular complexity index is 990. The number of hydrogen-bond acceptors (Lipinski definition) is 8. The molecule has 0 saturated heterocycles. The molecule has 0 radical (unpaired) electrons. The molecule has 3 atom stereocenters. The molecule has 1 aliphatic carbocycles. The molecule has 8 heteroatoms. The van der Waals surface area contributed by atoms with Crippen LogP contribution in [-0.4, -0.2) is 51.5 Å². The van der Waals surface area contributed by atoms with Crippen LogP contribution >= 0.6 is 11.3 Å². The van der Waals surface area contributed by atoms with Gasteiger partial charge in [0.1, 0.15) is 16.9 Å². The molecule has 152 valence electrons. The van der Waals surface area contributed by atoms with Crippen LogP contribution in [-0.2, 0) is 4.74 Å². The Hall–Kier alpha value is -2.29. The van der Waals surface area contributed by atoms with Gasteiger partial charge in [0.05, 0.1) is 33.6 Å². The summed E-state index contributed by atoms with van der Waals surface area (Å²) < 4.78 is 7.19. The van der Waals surface area contributed by atoms with Gasteiger partial charge in [0.2, 0.25) is 5.95 Å². The van der Waals surface area contributed by atoms with E-state index in [2.05, 4.69) is 16.7 Å². The molecule has 3 heterocycles. The van der Waals surface area contributed by atoms with Gasteiger partial charge in [-0.05, 0) is 44.7 Å². The number of fused-ring (bicyclic) bond motifs is 4. The zero-order valence-corrected chi connectivity index (χ0v) is 17.2. The summed E-state index contributed by atoms with van der Waals surface area (Å²) in [5, 5.41) is 18.2. The predicted molar refractivity (Wildman–Crippen MR) is 115 cm³/mol. The predicted octanol–water partition coefficient (Wildman–Crippen LogP) is 3.59. The number of aromatic nitrogens is 3. The first kappa shape index (κ1) is 18.7. The molecule has 3 N–H and O–H groups in total. The molecule has 1 aromatic carbocycles. The molecule has 1 saturated carbocycles. The molecule has 29 heavy (non-hydrogen) atoms. The van der Waals surface area contributed by atoms with Crippen LogP contribution in [0, 0.1) is 6.92 Å². The van der Waals surface area contributed by atoms with E-state index in [4.69, 9.17) is 19.7 Å². The van der Waals surface area contributed by atoms with Crippen molar-refractivity contribution in [2.45, 2.75) is 50.9 Å². The van der Waals surface area contributed by atoms with Crippen molar-refractivity contribution in [1.82, 2.24) is 15.0 Å². The Kier molecular flexibility index (Phi) is 5.07. The number of aliphatic hydroxyl groups excluding tert-OH is 1. The number of benzene rings is 1. The van der Waals surface area contributed by atoms with Crippen LogP contribution in [0.4, 0.5) is 11.8 Å². The minimum atomic E-state index is -0.443. The van der Waals surface area contributed by atoms with Crippen molar-refractivity contribution in [3.63, 3.8) is 0 Å². The summed E-state index contributed by atoms with van der Waals surface area (Å²) in [6, 6.07) is 8.15. The SMILES string of the molecule is Cc1nc2nc(c1-c1nc3ccccc3s1)N[C@@H]1CC[C@@H](O)[C@H]1OCCCCN2. The third-order valence-electron chi connectivity index (χ3n) is 5.63. The first-order valence-corrected chi connectivity index (χ1v) is 11.1. The van der Waals surface area contributed by atoms with Gasteiger partial charge in [-0.3, -0.25) is 0 Å². The fraction of sp³-hybridized carbons (Fsp3) is 0.476. The molecular formula is C21H25N5O2S. The molecule has 1 aliphatic heterocycles. The van der Waals surface area contributed by atoms with Gasteiger partial charge in [0, 0.05) is 13.2 Å². The lowest BCUT2D eigenvalue weighted by Gasteiger charge is -2.26. The lowest BCUT2D eigenvalue weighted by molar-refractivity contribution is -0.0237. The molecular weight excluding hydrogens is 386 g/mol. The Morgan fingerprint density at radius 2 is 2.03 bits per heavy atom. The molecule has 5 rings (SSSR count). The third-order valence-corrected chi connectivity index (χ3v) is 6.69. The van der Waals surface area contributed by atoms with E-state index in [0.29, 0.717) is 12.6 Å². The summed E-state index contributed by atoms with van der Waals surface area (Å²) in [5.74, 6) is 1.39. The van der Waals surface area contributed by atoms with Crippen molar-refractivity contribution in [3.8, 4) is 10.6 Å². The number of nitrogens with one attached hydrogen (secondary N) is 2. The molecule has 1 fully saturated rings. The highest BCUT2D eigenvalue weighted by atomic mass is 32.1. The summed E-state index contributed by atoms with van der Waals surface area (Å²) in [6.07, 6.45) is 2.83. The van der Waals surface area contributed by atoms with E-state index >= 15 is 0 Å². The molecule has 7 nitrogen and oxygen atoms in total. The number of aryl methyl sites for hydroxylation is 1. The van der Waals surface area contributed by atoms with Crippen LogP contribution < -0.4 is 10.6 Å². The topological polar surface area (TPSA) is 92.2 Å². The van der Waals surface area contributed by atoms with Crippen LogP contribution in [0.25, 0.3) is 20.8 Å². The first-order valence-electron chi connectivity index (χ1n) is 10.2. The van der Waals surface area contributed by atoms with Crippen LogP contribution in [0.15, 0.2) is 24.3 Å². The maximum Gasteiger partial charge on any atom is 0.224 e. The normalized spacial score (nSPS) is 24.8. The lowest BCUT2D eigenvalue weighted by Crippen LogP contribution is -2.38. The van der Waals surface area contributed by atoms with E-state index in [-0.39, 0.29) is 12.1 Å². The van der Waals surface area contributed by atoms with Gasteiger partial charge in [-0.15, -0.1) is 11.3 Å². The van der Waals surface area contributed by atoms with E-state index in [0.717, 1.165) is 64.5 Å². The van der Waals surface area contributed by atoms with Crippen molar-refractivity contribution in [1.29, 1.82) is 0 Å². The van der Waals surface area contributed by atoms with Gasteiger partial charge >= 0.3 is 0 Å². The zero-order valence-electron chi connectivity index (χ0n) is 16.4. The minimum Gasteiger partial charge on any atom is -0.390 e. The van der Waals surface area contributed by atoms with Gasteiger partial charge in [-0.1, -0.05) is 12.1 Å². The highest BCUT2D eigenvalue weighted by Gasteiger charge is 2.37. The second-order valence-corrected chi connectivity index (χ2v) is 8.74. The second-order valence-electron chi connectivity index (χ2n) is 7.71. The monoisotopic (exact) mass is 411 g/mol. The fourth-order valence-corrected chi connectivity index (χ4v) is 5.21. The molecule has 0 amide bonds. The van der Waals surface area contributed by atoms with Gasteiger partial charge in [0.25, 0.3) is 0 Å². The summed E-state index contributed by atoms with van der Waals surface area (Å²) in [4.78, 5) is 14.3. The number of aliphatic hydroxyl groups is 1. The quantitative estimate of drug-likeness (QED) is 0.563. The Balaban J connectivity index is 1.59. The number of hydrogen-bond donors (Lipinski definition) is 3. The summed E-state index contributed by atoms with van der Waals surface area (Å²) >= 11 is 1.65. The summed E-state index contributed by atoms with van der Waals surface area (Å²) in [6.45, 7) is 3.45. The number of nitrogens with zero attached hydrogens (tertiary/aromatic N) is 3. The smallest absolute Gasteiger partial charge is 0.224 e. The van der Waals surface area contributed by atoms with E-state index in [1.165, 1.54) is 0 Å². The molecule has 2 aromatic heterocycles. The van der Waals surface area contributed by atoms with Crippen molar-refractivity contribution in [3.05, 3.63) is 30.0 Å². The first-order chi connectivity index (χ1) is 14.2. The number of thiazole rings is 1. The number of rotatable bonds is 1. The zero-order chi connectivity index (χ0) is 19.8. The van der Waals surface area contributed by atoms with E-state index in [9.17, 15) is 5.11 Å². The van der Waals surface area contributed by atoms with Crippen molar-refractivity contribution < 1.29 is 9.84 Å². The van der Waals surface area contributed by atoms with Crippen molar-refractivity contribution >= 4 is 33.3 Å². The molecule has 2 bridgehead atoms. The van der Waals surface area contributed by atoms with E-state index in [1.807, 2.05) is 25.1 Å². The van der Waals surface area contributed by atoms with E-state index in [1.54, 1.807) is 11.3 Å². The largest absolute Gasteiger partial charge is 0.390 e. The van der Waals surface area contributed by atoms with Crippen LogP contribution in [0.3, 0.4) is 0 Å². The average Bonchev–Trinajstić information content (AvgIpc) is 3.27. The van der Waals surface area contributed by atoms with Gasteiger partial charge in [0.15, 0.2) is 0 Å². The summed E-state index contributed by atoms with van der Waals surface area (Å²) in [5.41, 5.74) is 2.79. The van der Waals surface area contributed by atoms with Gasteiger partial charge < -0.3 is 20.5 Å². The van der Waals surface area contributed by atoms with Gasteiger partial charge in [-0.25, -0.2) is 9.97 Å². The highest BCUT2D eigenvalue weighted by Crippen LogP contribution is 2.37. The molecule has 2 aliphatic rings. The van der Waals surface area contributed by atoms with E-state index < -0.39 is 6.10 Å². The lowest BCUT2D eigenvalue weighted by atomic mass is 10.1. The Morgan fingerprint density at radius 1 is 1.14 bits per heavy atom. The van der Waals surface area contributed by atoms with Crippen LogP contribution in [0.1, 0.15) is 31.4 Å². The third kappa shape index (κ3) is 3.68. The molecule has 0 spiro atoms. The maximum atomic E-state index is 10.4. The maximum absolute atomic E-state index is 10.4. The number of anilines is 2. The average molecular weight is 412 g/mol. The summed E-state index contributed by atoms with van der Waals surface area (Å²) in [7, 11) is 0. The van der Waals surface area contributed by atoms with Crippen LogP contribution in [0.2, 0.25) is 0 Å². The molecule has 3 aromatic rings. The molecule has 0 unspecified atom stereocenters. The minimum absolute atomic E-state index is 0.0136. The second kappa shape index (κ2) is 7.85. The Morgan fingerprint density at radius 3 is 2.93 bits per heavy atom. The standard InChI is InChI=1S/C21H25N5O2S/c1-12-17(20-25-13-6-2-3-7-16(13)29-20)19-24-14-8-9-15(27)18(14)28-11-5-4-10-22-21(23-12)26-19/h2-3,6-7,14-15,18,27H,4-5,8-11H2,1H3,(H2,22,23,24,26)/t14-,15-,18+/m1/s1. The van der Waals surface area contributed by atoms with Crippen molar-refractivity contribution in [2.24, 2.45) is 0 Å². The van der Waals surface area contributed by atoms with Gasteiger partial charge in [-0.2, -0.15) is 4.98 Å². The highest BCUT2D eigenvalue weighted by molar-refractivity contribution is 7.21. The fourth-order valence-electron chi connectivity index (χ4n) is 4.14. The van der Waals surface area contributed by atoms with Crippen molar-refractivity contribution in [2.75, 3.05) is 23.8 Å². The number of para-hydroxylation sites is 1.